The number of hydrogen-bond donors (Lipinski definition) is 0. The Kier molecular flexibility index (Phi) is 4.04. The maximum absolute atomic E-state index is 13.5. The molecule has 1 unspecified atom stereocenters. The van der Waals surface area contributed by atoms with Gasteiger partial charge in [-0.25, -0.2) is 8.78 Å². The standard InChI is InChI=1S/C13H15F2NO2/c1-2-16-5-6-18-12(8-16)13(17)10-7-9(14)3-4-11(10)15/h3-4,7,12H,2,5-6,8H2,1H3. The van der Waals surface area contributed by atoms with Crippen molar-refractivity contribution in [2.75, 3.05) is 26.2 Å². The number of likely N-dealkylation sites (N-methyl/N-ethyl adjacent to an activating group) is 1. The van der Waals surface area contributed by atoms with Crippen LogP contribution in [0.4, 0.5) is 8.78 Å². The molecule has 5 heteroatoms. The van der Waals surface area contributed by atoms with E-state index in [4.69, 9.17) is 4.74 Å². The van der Waals surface area contributed by atoms with Crippen molar-refractivity contribution in [3.63, 3.8) is 0 Å². The summed E-state index contributed by atoms with van der Waals surface area (Å²) >= 11 is 0. The van der Waals surface area contributed by atoms with E-state index in [1.165, 1.54) is 0 Å². The van der Waals surface area contributed by atoms with E-state index in [-0.39, 0.29) is 5.56 Å². The SMILES string of the molecule is CCN1CCOC(C(=O)c2cc(F)ccc2F)C1. The number of carbonyl (C=O) groups excluding carboxylic acids is 1. The maximum Gasteiger partial charge on any atom is 0.195 e. The Bertz CT molecular complexity index is 451. The molecule has 1 aliphatic heterocycles. The Balaban J connectivity index is 2.17. The Morgan fingerprint density at radius 3 is 3.00 bits per heavy atom. The fourth-order valence-corrected chi connectivity index (χ4v) is 2.01. The van der Waals surface area contributed by atoms with Crippen LogP contribution in [0.5, 0.6) is 0 Å². The summed E-state index contributed by atoms with van der Waals surface area (Å²) in [5.41, 5.74) is -0.238. The number of benzene rings is 1. The fraction of sp³-hybridized carbons (Fsp3) is 0.462. The van der Waals surface area contributed by atoms with Crippen molar-refractivity contribution in [2.45, 2.75) is 13.0 Å². The minimum absolute atomic E-state index is 0.238. The number of halogens is 2. The van der Waals surface area contributed by atoms with Gasteiger partial charge in [-0.05, 0) is 24.7 Å². The van der Waals surface area contributed by atoms with Gasteiger partial charge >= 0.3 is 0 Å². The van der Waals surface area contributed by atoms with E-state index in [0.717, 1.165) is 31.3 Å². The second kappa shape index (κ2) is 5.54. The molecule has 3 nitrogen and oxygen atoms in total. The first kappa shape index (κ1) is 13.1. The highest BCUT2D eigenvalue weighted by molar-refractivity contribution is 6.00. The number of morpholine rings is 1. The summed E-state index contributed by atoms with van der Waals surface area (Å²) in [6.07, 6.45) is -0.713. The predicted molar refractivity (Wildman–Crippen MR) is 62.5 cm³/mol. The van der Waals surface area contributed by atoms with E-state index in [2.05, 4.69) is 0 Å². The number of nitrogens with zero attached hydrogens (tertiary/aromatic N) is 1. The van der Waals surface area contributed by atoms with Crippen LogP contribution in [0.3, 0.4) is 0 Å². The molecular formula is C13H15F2NO2. The number of hydrogen-bond acceptors (Lipinski definition) is 3. The number of ether oxygens (including phenoxy) is 1. The van der Waals surface area contributed by atoms with Gasteiger partial charge in [0.25, 0.3) is 0 Å². The van der Waals surface area contributed by atoms with Gasteiger partial charge < -0.3 is 4.74 Å². The van der Waals surface area contributed by atoms with E-state index in [1.54, 1.807) is 0 Å². The zero-order valence-electron chi connectivity index (χ0n) is 10.2. The van der Waals surface area contributed by atoms with Crippen LogP contribution in [0, 0.1) is 11.6 Å². The number of ketones is 1. The Labute approximate surface area is 104 Å². The maximum atomic E-state index is 13.5. The summed E-state index contributed by atoms with van der Waals surface area (Å²) in [6, 6.07) is 2.88. The third-order valence-corrected chi connectivity index (χ3v) is 3.08. The van der Waals surface area contributed by atoms with Gasteiger partial charge in [-0.15, -0.1) is 0 Å². The van der Waals surface area contributed by atoms with Crippen LogP contribution in [0.15, 0.2) is 18.2 Å². The van der Waals surface area contributed by atoms with Crippen LogP contribution in [-0.4, -0.2) is 43.0 Å². The van der Waals surface area contributed by atoms with Crippen molar-refractivity contribution in [1.29, 1.82) is 0 Å². The predicted octanol–water partition coefficient (Wildman–Crippen LogP) is 1.87. The van der Waals surface area contributed by atoms with Gasteiger partial charge in [0.05, 0.1) is 12.2 Å². The molecule has 1 atom stereocenters. The highest BCUT2D eigenvalue weighted by Gasteiger charge is 2.28. The normalized spacial score (nSPS) is 20.9. The summed E-state index contributed by atoms with van der Waals surface area (Å²) in [4.78, 5) is 14.1. The largest absolute Gasteiger partial charge is 0.367 e. The van der Waals surface area contributed by atoms with E-state index in [9.17, 15) is 13.6 Å². The first-order valence-electron chi connectivity index (χ1n) is 5.95. The summed E-state index contributed by atoms with van der Waals surface area (Å²) < 4.78 is 31.9. The van der Waals surface area contributed by atoms with Crippen molar-refractivity contribution >= 4 is 5.78 Å². The van der Waals surface area contributed by atoms with Crippen molar-refractivity contribution in [3.8, 4) is 0 Å². The van der Waals surface area contributed by atoms with Crippen molar-refractivity contribution in [2.24, 2.45) is 0 Å². The molecule has 0 N–H and O–H groups in total. The van der Waals surface area contributed by atoms with Gasteiger partial charge in [-0.2, -0.15) is 0 Å². The first-order chi connectivity index (χ1) is 8.61. The van der Waals surface area contributed by atoms with Crippen molar-refractivity contribution in [3.05, 3.63) is 35.4 Å². The summed E-state index contributed by atoms with van der Waals surface area (Å²) in [5.74, 6) is -1.83. The molecule has 0 bridgehead atoms. The molecule has 0 aromatic heterocycles. The van der Waals surface area contributed by atoms with Gasteiger partial charge in [-0.1, -0.05) is 6.92 Å². The van der Waals surface area contributed by atoms with Gasteiger partial charge in [0.1, 0.15) is 17.7 Å². The third kappa shape index (κ3) is 2.73. The molecule has 1 heterocycles. The lowest BCUT2D eigenvalue weighted by molar-refractivity contribution is -0.0150. The molecule has 0 aliphatic carbocycles. The molecule has 0 spiro atoms. The molecule has 1 aromatic rings. The molecule has 0 radical (unpaired) electrons. The highest BCUT2D eigenvalue weighted by Crippen LogP contribution is 2.16. The molecule has 1 fully saturated rings. The highest BCUT2D eigenvalue weighted by atomic mass is 19.1. The lowest BCUT2D eigenvalue weighted by Gasteiger charge is -2.31. The second-order valence-electron chi connectivity index (χ2n) is 4.24. The average Bonchev–Trinajstić information content (AvgIpc) is 2.41. The van der Waals surface area contributed by atoms with E-state index >= 15 is 0 Å². The molecular weight excluding hydrogens is 240 g/mol. The third-order valence-electron chi connectivity index (χ3n) is 3.08. The molecule has 2 rings (SSSR count). The molecule has 1 saturated heterocycles. The van der Waals surface area contributed by atoms with Crippen LogP contribution in [0.1, 0.15) is 17.3 Å². The van der Waals surface area contributed by atoms with Crippen LogP contribution in [0.25, 0.3) is 0 Å². The lowest BCUT2D eigenvalue weighted by atomic mass is 10.0. The lowest BCUT2D eigenvalue weighted by Crippen LogP contribution is -2.46. The summed E-state index contributed by atoms with van der Waals surface area (Å²) in [5, 5.41) is 0. The zero-order chi connectivity index (χ0) is 13.1. The fourth-order valence-electron chi connectivity index (χ4n) is 2.01. The first-order valence-corrected chi connectivity index (χ1v) is 5.95. The van der Waals surface area contributed by atoms with Crippen LogP contribution < -0.4 is 0 Å². The Morgan fingerprint density at radius 1 is 1.50 bits per heavy atom. The topological polar surface area (TPSA) is 29.5 Å². The van der Waals surface area contributed by atoms with Crippen LogP contribution in [-0.2, 0) is 4.74 Å². The smallest absolute Gasteiger partial charge is 0.195 e. The Morgan fingerprint density at radius 2 is 2.28 bits per heavy atom. The van der Waals surface area contributed by atoms with Crippen molar-refractivity contribution < 1.29 is 18.3 Å². The Hall–Kier alpha value is -1.33. The van der Waals surface area contributed by atoms with Crippen molar-refractivity contribution in [1.82, 2.24) is 4.90 Å². The van der Waals surface area contributed by atoms with Gasteiger partial charge in [0.15, 0.2) is 5.78 Å². The molecule has 98 valence electrons. The number of carbonyl (C=O) groups is 1. The van der Waals surface area contributed by atoms with E-state index in [1.807, 2.05) is 11.8 Å². The quantitative estimate of drug-likeness (QED) is 0.772. The summed E-state index contributed by atoms with van der Waals surface area (Å²) in [7, 11) is 0. The minimum Gasteiger partial charge on any atom is -0.367 e. The number of Topliss-reactive ketones (excluding diaryl/α,β-unsaturated/α-hetero) is 1. The van der Waals surface area contributed by atoms with Gasteiger partial charge in [0.2, 0.25) is 0 Å². The van der Waals surface area contributed by atoms with Gasteiger partial charge in [-0.3, -0.25) is 9.69 Å². The molecule has 0 amide bonds. The minimum atomic E-state index is -0.713. The van der Waals surface area contributed by atoms with Crippen LogP contribution in [0.2, 0.25) is 0 Å². The van der Waals surface area contributed by atoms with Gasteiger partial charge in [0, 0.05) is 13.1 Å². The molecule has 1 aliphatic rings. The van der Waals surface area contributed by atoms with E-state index < -0.39 is 23.5 Å². The second-order valence-corrected chi connectivity index (χ2v) is 4.24. The zero-order valence-corrected chi connectivity index (χ0v) is 10.2. The molecule has 18 heavy (non-hydrogen) atoms. The molecule has 1 aromatic carbocycles. The average molecular weight is 255 g/mol. The van der Waals surface area contributed by atoms with E-state index in [0.29, 0.717) is 13.2 Å². The summed E-state index contributed by atoms with van der Waals surface area (Å²) in [6.45, 7) is 4.40. The monoisotopic (exact) mass is 255 g/mol. The van der Waals surface area contributed by atoms with Crippen LogP contribution >= 0.6 is 0 Å². The molecule has 0 saturated carbocycles. The number of rotatable bonds is 3.